The Hall–Kier alpha value is -1.05. The second-order valence-corrected chi connectivity index (χ2v) is 3.70. The van der Waals surface area contributed by atoms with E-state index in [9.17, 15) is 4.79 Å². The van der Waals surface area contributed by atoms with Gasteiger partial charge in [-0.3, -0.25) is 4.79 Å². The molecule has 0 spiro atoms. The zero-order valence-corrected chi connectivity index (χ0v) is 9.45. The third-order valence-electron chi connectivity index (χ3n) is 2.23. The lowest BCUT2D eigenvalue weighted by molar-refractivity contribution is -0.137. The first-order valence-corrected chi connectivity index (χ1v) is 5.75. The molecule has 0 aliphatic carbocycles. The molecule has 0 bridgehead atoms. The van der Waals surface area contributed by atoms with Crippen LogP contribution in [0.4, 0.5) is 0 Å². The summed E-state index contributed by atoms with van der Waals surface area (Å²) in [5.74, 6) is -0.678. The number of hydrogen-bond acceptors (Lipinski definition) is 1. The van der Waals surface area contributed by atoms with Crippen LogP contribution in [-0.2, 0) is 4.79 Å². The first-order valence-electron chi connectivity index (χ1n) is 5.75. The van der Waals surface area contributed by atoms with E-state index in [-0.39, 0.29) is 0 Å². The van der Waals surface area contributed by atoms with E-state index in [1.165, 1.54) is 12.8 Å². The largest absolute Gasteiger partial charge is 0.481 e. The smallest absolute Gasteiger partial charge is 0.303 e. The molecule has 2 heteroatoms. The first-order chi connectivity index (χ1) is 7.27. The highest BCUT2D eigenvalue weighted by Crippen LogP contribution is 2.07. The summed E-state index contributed by atoms with van der Waals surface area (Å²) in [6, 6.07) is 0. The normalized spacial score (nSPS) is 10.7. The standard InChI is InChI=1S/C13H22O2/c1-2-3-4-5-6-7-8-9-10-11-12-13(14)15/h2,4-5H,1,3,6-12H2,(H,14,15)/b5-4+. The highest BCUT2D eigenvalue weighted by molar-refractivity contribution is 5.66. The fourth-order valence-corrected chi connectivity index (χ4v) is 1.38. The van der Waals surface area contributed by atoms with Gasteiger partial charge in [-0.15, -0.1) is 6.58 Å². The molecule has 0 aliphatic heterocycles. The van der Waals surface area contributed by atoms with Crippen LogP contribution in [0.15, 0.2) is 24.8 Å². The van der Waals surface area contributed by atoms with E-state index in [0.29, 0.717) is 6.42 Å². The van der Waals surface area contributed by atoms with Gasteiger partial charge in [0.2, 0.25) is 0 Å². The SMILES string of the molecule is C=CC/C=C/CCCCCCCC(=O)O. The van der Waals surface area contributed by atoms with E-state index >= 15 is 0 Å². The van der Waals surface area contributed by atoms with E-state index < -0.39 is 5.97 Å². The molecule has 2 nitrogen and oxygen atoms in total. The van der Waals surface area contributed by atoms with E-state index in [1.807, 2.05) is 6.08 Å². The Labute approximate surface area is 92.7 Å². The predicted octanol–water partition coefficient (Wildman–Crippen LogP) is 3.93. The van der Waals surface area contributed by atoms with Gasteiger partial charge in [-0.2, -0.15) is 0 Å². The number of aliphatic carboxylic acids is 1. The number of hydrogen-bond donors (Lipinski definition) is 1. The summed E-state index contributed by atoms with van der Waals surface area (Å²) in [6.07, 6.45) is 14.1. The van der Waals surface area contributed by atoms with Gasteiger partial charge < -0.3 is 5.11 Å². The summed E-state index contributed by atoms with van der Waals surface area (Å²) in [4.78, 5) is 10.2. The Morgan fingerprint density at radius 1 is 1.07 bits per heavy atom. The van der Waals surface area contributed by atoms with Crippen molar-refractivity contribution in [3.8, 4) is 0 Å². The van der Waals surface area contributed by atoms with Crippen LogP contribution in [-0.4, -0.2) is 11.1 Å². The van der Waals surface area contributed by atoms with Gasteiger partial charge >= 0.3 is 5.97 Å². The maximum Gasteiger partial charge on any atom is 0.303 e. The number of carbonyl (C=O) groups is 1. The topological polar surface area (TPSA) is 37.3 Å². The van der Waals surface area contributed by atoms with E-state index in [1.54, 1.807) is 0 Å². The van der Waals surface area contributed by atoms with Crippen LogP contribution < -0.4 is 0 Å². The van der Waals surface area contributed by atoms with Crippen molar-refractivity contribution in [1.29, 1.82) is 0 Å². The fraction of sp³-hybridized carbons (Fsp3) is 0.615. The monoisotopic (exact) mass is 210 g/mol. The van der Waals surface area contributed by atoms with Crippen LogP contribution in [0.2, 0.25) is 0 Å². The minimum atomic E-state index is -0.678. The number of unbranched alkanes of at least 4 members (excludes halogenated alkanes) is 5. The van der Waals surface area contributed by atoms with Crippen LogP contribution in [0, 0.1) is 0 Å². The summed E-state index contributed by atoms with van der Waals surface area (Å²) < 4.78 is 0. The van der Waals surface area contributed by atoms with Crippen molar-refractivity contribution in [2.45, 2.75) is 51.4 Å². The fourth-order valence-electron chi connectivity index (χ4n) is 1.38. The summed E-state index contributed by atoms with van der Waals surface area (Å²) in [5.41, 5.74) is 0. The average Bonchev–Trinajstić information content (AvgIpc) is 2.20. The molecule has 0 atom stereocenters. The minimum Gasteiger partial charge on any atom is -0.481 e. The van der Waals surface area contributed by atoms with Gasteiger partial charge in [0, 0.05) is 6.42 Å². The molecule has 0 aromatic rings. The Balaban J connectivity index is 3.04. The molecule has 0 fully saturated rings. The van der Waals surface area contributed by atoms with Crippen molar-refractivity contribution in [3.05, 3.63) is 24.8 Å². The molecule has 0 amide bonds. The summed E-state index contributed by atoms with van der Waals surface area (Å²) in [5, 5.41) is 8.42. The van der Waals surface area contributed by atoms with E-state index in [4.69, 9.17) is 5.11 Å². The third kappa shape index (κ3) is 12.9. The van der Waals surface area contributed by atoms with Crippen molar-refractivity contribution >= 4 is 5.97 Å². The van der Waals surface area contributed by atoms with E-state index in [2.05, 4.69) is 18.7 Å². The molecule has 0 heterocycles. The Kier molecular flexibility index (Phi) is 10.3. The number of carboxylic acids is 1. The summed E-state index contributed by atoms with van der Waals surface area (Å²) in [7, 11) is 0. The Bertz CT molecular complexity index is 195. The lowest BCUT2D eigenvalue weighted by atomic mass is 10.1. The second-order valence-electron chi connectivity index (χ2n) is 3.70. The maximum atomic E-state index is 10.2. The Morgan fingerprint density at radius 3 is 2.40 bits per heavy atom. The summed E-state index contributed by atoms with van der Waals surface area (Å²) in [6.45, 7) is 3.64. The van der Waals surface area contributed by atoms with Gasteiger partial charge in [-0.05, 0) is 25.7 Å². The molecule has 0 radical (unpaired) electrons. The van der Waals surface area contributed by atoms with Gasteiger partial charge in [0.1, 0.15) is 0 Å². The van der Waals surface area contributed by atoms with Crippen molar-refractivity contribution in [2.24, 2.45) is 0 Å². The van der Waals surface area contributed by atoms with Crippen LogP contribution in [0.3, 0.4) is 0 Å². The molecule has 0 aliphatic rings. The maximum absolute atomic E-state index is 10.2. The zero-order valence-electron chi connectivity index (χ0n) is 9.45. The average molecular weight is 210 g/mol. The van der Waals surface area contributed by atoms with Gasteiger partial charge in [-0.25, -0.2) is 0 Å². The molecular formula is C13H22O2. The third-order valence-corrected chi connectivity index (χ3v) is 2.23. The molecule has 0 saturated carbocycles. The molecule has 0 aromatic heterocycles. The van der Waals surface area contributed by atoms with Crippen molar-refractivity contribution in [2.75, 3.05) is 0 Å². The quantitative estimate of drug-likeness (QED) is 0.438. The highest BCUT2D eigenvalue weighted by atomic mass is 16.4. The van der Waals surface area contributed by atoms with Gasteiger partial charge in [0.15, 0.2) is 0 Å². The van der Waals surface area contributed by atoms with Gasteiger partial charge in [0.25, 0.3) is 0 Å². The van der Waals surface area contributed by atoms with Crippen molar-refractivity contribution in [1.82, 2.24) is 0 Å². The highest BCUT2D eigenvalue weighted by Gasteiger charge is 1.95. The number of rotatable bonds is 10. The van der Waals surface area contributed by atoms with Gasteiger partial charge in [-0.1, -0.05) is 37.5 Å². The van der Waals surface area contributed by atoms with Crippen LogP contribution >= 0.6 is 0 Å². The molecule has 0 aromatic carbocycles. The van der Waals surface area contributed by atoms with Crippen LogP contribution in [0.25, 0.3) is 0 Å². The van der Waals surface area contributed by atoms with E-state index in [0.717, 1.165) is 32.1 Å². The number of allylic oxidation sites excluding steroid dienone is 3. The van der Waals surface area contributed by atoms with Crippen LogP contribution in [0.1, 0.15) is 51.4 Å². The Morgan fingerprint density at radius 2 is 1.73 bits per heavy atom. The molecular weight excluding hydrogens is 188 g/mol. The molecule has 0 rings (SSSR count). The number of carboxylic acid groups (broad SMARTS) is 1. The molecule has 86 valence electrons. The van der Waals surface area contributed by atoms with Gasteiger partial charge in [0.05, 0.1) is 0 Å². The first kappa shape index (κ1) is 13.9. The summed E-state index contributed by atoms with van der Waals surface area (Å²) >= 11 is 0. The van der Waals surface area contributed by atoms with Crippen molar-refractivity contribution in [3.63, 3.8) is 0 Å². The van der Waals surface area contributed by atoms with Crippen molar-refractivity contribution < 1.29 is 9.90 Å². The second kappa shape index (κ2) is 11.0. The zero-order chi connectivity index (χ0) is 11.4. The molecule has 0 saturated heterocycles. The molecule has 1 N–H and O–H groups in total. The lowest BCUT2D eigenvalue weighted by Gasteiger charge is -1.97. The van der Waals surface area contributed by atoms with Crippen LogP contribution in [0.5, 0.6) is 0 Å². The predicted molar refractivity (Wildman–Crippen MR) is 63.9 cm³/mol. The minimum absolute atomic E-state index is 0.319. The lowest BCUT2D eigenvalue weighted by Crippen LogP contribution is -1.93. The molecule has 0 unspecified atom stereocenters. The molecule has 15 heavy (non-hydrogen) atoms.